The van der Waals surface area contributed by atoms with Gasteiger partial charge in [0, 0.05) is 15.8 Å². The minimum Gasteiger partial charge on any atom is -0.481 e. The summed E-state index contributed by atoms with van der Waals surface area (Å²) in [6, 6.07) is 1.94. The van der Waals surface area contributed by atoms with Crippen LogP contribution in [0.4, 0.5) is 0 Å². The number of nitrogens with zero attached hydrogens (tertiary/aromatic N) is 2. The Morgan fingerprint density at radius 1 is 1.53 bits per heavy atom. The van der Waals surface area contributed by atoms with E-state index in [1.165, 1.54) is 11.3 Å². The van der Waals surface area contributed by atoms with Crippen LogP contribution in [0.2, 0.25) is 0 Å². The number of hydrogen-bond donors (Lipinski definition) is 1. The number of aliphatic carboxylic acids is 1. The van der Waals surface area contributed by atoms with Gasteiger partial charge in [-0.15, -0.1) is 11.3 Å². The van der Waals surface area contributed by atoms with Gasteiger partial charge in [0.2, 0.25) is 11.7 Å². The Balaban J connectivity index is 1.77. The van der Waals surface area contributed by atoms with Gasteiger partial charge in [0.15, 0.2) is 0 Å². The summed E-state index contributed by atoms with van der Waals surface area (Å²) in [5.41, 5.74) is 0. The van der Waals surface area contributed by atoms with Crippen molar-refractivity contribution in [2.24, 2.45) is 5.92 Å². The van der Waals surface area contributed by atoms with Gasteiger partial charge in [0.25, 0.3) is 0 Å². The molecule has 0 bridgehead atoms. The second-order valence-corrected chi connectivity index (χ2v) is 6.46. The van der Waals surface area contributed by atoms with Crippen molar-refractivity contribution in [1.82, 2.24) is 10.1 Å². The first-order chi connectivity index (χ1) is 9.13. The summed E-state index contributed by atoms with van der Waals surface area (Å²) in [4.78, 5) is 16.3. The normalized spacial score (nSPS) is 22.8. The maximum Gasteiger partial charge on any atom is 0.306 e. The molecule has 1 fully saturated rings. The van der Waals surface area contributed by atoms with Gasteiger partial charge in [0.05, 0.1) is 10.8 Å². The van der Waals surface area contributed by atoms with Gasteiger partial charge in [-0.2, -0.15) is 4.98 Å². The van der Waals surface area contributed by atoms with E-state index in [-0.39, 0.29) is 11.8 Å². The number of carboxylic acid groups (broad SMARTS) is 1. The molecule has 2 unspecified atom stereocenters. The number of hydrogen-bond acceptors (Lipinski definition) is 5. The maximum absolute atomic E-state index is 10.9. The first-order valence-corrected chi connectivity index (χ1v) is 7.61. The maximum atomic E-state index is 10.9. The minimum absolute atomic E-state index is 0.0748. The molecule has 19 heavy (non-hydrogen) atoms. The van der Waals surface area contributed by atoms with Gasteiger partial charge in [-0.25, -0.2) is 0 Å². The number of aromatic nitrogens is 2. The van der Waals surface area contributed by atoms with Crippen LogP contribution in [0.1, 0.15) is 31.1 Å². The SMILES string of the molecule is O=C(O)C1CCC(c2nc(-c3cc(Br)cs3)no2)C1. The molecule has 3 rings (SSSR count). The molecule has 1 aliphatic rings. The Kier molecular flexibility index (Phi) is 3.40. The number of carboxylic acids is 1. The third-order valence-corrected chi connectivity index (χ3v) is 5.05. The second kappa shape index (κ2) is 5.05. The first-order valence-electron chi connectivity index (χ1n) is 5.94. The number of carbonyl (C=O) groups is 1. The molecule has 7 heteroatoms. The first kappa shape index (κ1) is 12.8. The summed E-state index contributed by atoms with van der Waals surface area (Å²) in [5.74, 6) is 0.194. The van der Waals surface area contributed by atoms with Crippen molar-refractivity contribution in [3.8, 4) is 10.7 Å². The fourth-order valence-corrected chi connectivity index (χ4v) is 3.71. The molecule has 5 nitrogen and oxygen atoms in total. The van der Waals surface area contributed by atoms with Crippen LogP contribution in [-0.4, -0.2) is 21.2 Å². The van der Waals surface area contributed by atoms with E-state index in [0.717, 1.165) is 15.8 Å². The smallest absolute Gasteiger partial charge is 0.306 e. The van der Waals surface area contributed by atoms with Crippen molar-refractivity contribution in [3.05, 3.63) is 21.8 Å². The lowest BCUT2D eigenvalue weighted by Crippen LogP contribution is -2.09. The third kappa shape index (κ3) is 2.57. The van der Waals surface area contributed by atoms with Crippen molar-refractivity contribution in [3.63, 3.8) is 0 Å². The topological polar surface area (TPSA) is 76.2 Å². The van der Waals surface area contributed by atoms with Crippen LogP contribution in [0.3, 0.4) is 0 Å². The van der Waals surface area contributed by atoms with Gasteiger partial charge in [-0.3, -0.25) is 4.79 Å². The van der Waals surface area contributed by atoms with E-state index in [9.17, 15) is 4.79 Å². The Morgan fingerprint density at radius 2 is 2.37 bits per heavy atom. The number of halogens is 1. The standard InChI is InChI=1S/C12H11BrN2O3S/c13-8-4-9(19-5-8)10-14-11(18-15-10)6-1-2-7(3-6)12(16)17/h4-7H,1-3H2,(H,16,17). The molecule has 2 aromatic rings. The zero-order chi connectivity index (χ0) is 13.4. The average molecular weight is 343 g/mol. The molecule has 2 aromatic heterocycles. The third-order valence-electron chi connectivity index (χ3n) is 3.36. The van der Waals surface area contributed by atoms with Crippen LogP contribution >= 0.6 is 27.3 Å². The fourth-order valence-electron chi connectivity index (χ4n) is 2.36. The minimum atomic E-state index is -0.732. The molecule has 0 saturated heterocycles. The second-order valence-electron chi connectivity index (χ2n) is 4.63. The zero-order valence-corrected chi connectivity index (χ0v) is 12.3. The van der Waals surface area contributed by atoms with E-state index >= 15 is 0 Å². The molecular weight excluding hydrogens is 332 g/mol. The highest BCUT2D eigenvalue weighted by Gasteiger charge is 2.33. The van der Waals surface area contributed by atoms with Crippen LogP contribution in [0.5, 0.6) is 0 Å². The zero-order valence-electron chi connectivity index (χ0n) is 9.88. The lowest BCUT2D eigenvalue weighted by atomic mass is 10.1. The molecule has 2 atom stereocenters. The van der Waals surface area contributed by atoms with E-state index < -0.39 is 5.97 Å². The van der Waals surface area contributed by atoms with E-state index in [4.69, 9.17) is 9.63 Å². The van der Waals surface area contributed by atoms with Crippen molar-refractivity contribution in [2.45, 2.75) is 25.2 Å². The summed E-state index contributed by atoms with van der Waals surface area (Å²) in [5, 5.41) is 14.9. The molecule has 1 saturated carbocycles. The highest BCUT2D eigenvalue weighted by molar-refractivity contribution is 9.10. The van der Waals surface area contributed by atoms with Crippen LogP contribution in [0.15, 0.2) is 20.4 Å². The Morgan fingerprint density at radius 3 is 3.00 bits per heavy atom. The highest BCUT2D eigenvalue weighted by atomic mass is 79.9. The molecule has 1 N–H and O–H groups in total. The number of thiophene rings is 1. The average Bonchev–Trinajstić information content (AvgIpc) is 3.07. The largest absolute Gasteiger partial charge is 0.481 e. The fraction of sp³-hybridized carbons (Fsp3) is 0.417. The lowest BCUT2D eigenvalue weighted by Gasteiger charge is -2.02. The molecule has 0 aromatic carbocycles. The summed E-state index contributed by atoms with van der Waals surface area (Å²) >= 11 is 4.92. The van der Waals surface area contributed by atoms with Gasteiger partial charge in [-0.05, 0) is 41.3 Å². The molecule has 100 valence electrons. The van der Waals surface area contributed by atoms with Crippen LogP contribution < -0.4 is 0 Å². The Bertz CT molecular complexity index is 610. The molecule has 0 radical (unpaired) electrons. The number of rotatable bonds is 3. The van der Waals surface area contributed by atoms with E-state index in [2.05, 4.69) is 26.1 Å². The van der Waals surface area contributed by atoms with Crippen molar-refractivity contribution in [2.75, 3.05) is 0 Å². The predicted octanol–water partition coefficient (Wildman–Crippen LogP) is 3.53. The highest BCUT2D eigenvalue weighted by Crippen LogP contribution is 2.38. The van der Waals surface area contributed by atoms with Crippen LogP contribution in [0, 0.1) is 5.92 Å². The monoisotopic (exact) mass is 342 g/mol. The molecular formula is C12H11BrN2O3S. The van der Waals surface area contributed by atoms with E-state index in [1.54, 1.807) is 0 Å². The van der Waals surface area contributed by atoms with Gasteiger partial charge >= 0.3 is 5.97 Å². The Hall–Kier alpha value is -1.21. The molecule has 2 heterocycles. The van der Waals surface area contributed by atoms with Crippen molar-refractivity contribution in [1.29, 1.82) is 0 Å². The summed E-state index contributed by atoms with van der Waals surface area (Å²) in [6.07, 6.45) is 2.07. The van der Waals surface area contributed by atoms with Crippen molar-refractivity contribution >= 4 is 33.2 Å². The van der Waals surface area contributed by atoms with Gasteiger partial charge in [-0.1, -0.05) is 5.16 Å². The molecule has 0 aliphatic heterocycles. The quantitative estimate of drug-likeness (QED) is 0.923. The predicted molar refractivity (Wildman–Crippen MR) is 73.0 cm³/mol. The van der Waals surface area contributed by atoms with Crippen LogP contribution in [0.25, 0.3) is 10.7 Å². The molecule has 1 aliphatic carbocycles. The summed E-state index contributed by atoms with van der Waals surface area (Å²) < 4.78 is 6.27. The van der Waals surface area contributed by atoms with Crippen molar-refractivity contribution < 1.29 is 14.4 Å². The van der Waals surface area contributed by atoms with Gasteiger partial charge < -0.3 is 9.63 Å². The lowest BCUT2D eigenvalue weighted by molar-refractivity contribution is -0.141. The van der Waals surface area contributed by atoms with Crippen LogP contribution in [-0.2, 0) is 4.79 Å². The summed E-state index contributed by atoms with van der Waals surface area (Å²) in [7, 11) is 0. The van der Waals surface area contributed by atoms with E-state index in [1.807, 2.05) is 11.4 Å². The molecule has 0 spiro atoms. The van der Waals surface area contributed by atoms with Gasteiger partial charge in [0.1, 0.15) is 0 Å². The van der Waals surface area contributed by atoms with E-state index in [0.29, 0.717) is 24.6 Å². The molecule has 0 amide bonds. The summed E-state index contributed by atoms with van der Waals surface area (Å²) in [6.45, 7) is 0. The Labute approximate surface area is 121 Å².